The number of rotatable bonds is 7. The van der Waals surface area contributed by atoms with Crippen molar-refractivity contribution in [1.82, 2.24) is 10.1 Å². The maximum absolute atomic E-state index is 12.8. The number of aliphatic hydroxyl groups excluding tert-OH is 1. The van der Waals surface area contributed by atoms with Gasteiger partial charge in [-0.2, -0.15) is 4.98 Å². The van der Waals surface area contributed by atoms with E-state index < -0.39 is 6.10 Å². The first-order valence-electron chi connectivity index (χ1n) is 6.55. The van der Waals surface area contributed by atoms with Crippen LogP contribution in [0.4, 0.5) is 4.39 Å². The van der Waals surface area contributed by atoms with Crippen molar-refractivity contribution in [2.75, 3.05) is 0 Å². The molecular weight excluding hydrogens is 279 g/mol. The molecule has 0 aliphatic carbocycles. The first-order chi connectivity index (χ1) is 9.67. The Kier molecular flexibility index (Phi) is 5.55. The van der Waals surface area contributed by atoms with Crippen molar-refractivity contribution < 1.29 is 14.0 Å². The summed E-state index contributed by atoms with van der Waals surface area (Å²) in [5.41, 5.74) is 0. The lowest BCUT2D eigenvalue weighted by Crippen LogP contribution is -2.09. The highest BCUT2D eigenvalue weighted by Gasteiger charge is 2.11. The molecule has 0 saturated heterocycles. The topological polar surface area (TPSA) is 59.2 Å². The van der Waals surface area contributed by atoms with Crippen LogP contribution in [0.1, 0.15) is 31.5 Å². The van der Waals surface area contributed by atoms with E-state index in [1.165, 1.54) is 23.9 Å². The van der Waals surface area contributed by atoms with Crippen LogP contribution in [0, 0.1) is 5.82 Å². The van der Waals surface area contributed by atoms with E-state index in [-0.39, 0.29) is 5.82 Å². The van der Waals surface area contributed by atoms with Gasteiger partial charge in [-0.05, 0) is 30.7 Å². The first kappa shape index (κ1) is 15.0. The fraction of sp³-hybridized carbons (Fsp3) is 0.429. The standard InChI is InChI=1S/C14H17FN2O2S/c1-2-3-11(18)8-14-16-13(17-19-14)9-20-12-6-4-10(15)5-7-12/h4-7,11,18H,2-3,8-9H2,1H3. The van der Waals surface area contributed by atoms with Crippen molar-refractivity contribution in [3.8, 4) is 0 Å². The Morgan fingerprint density at radius 1 is 1.35 bits per heavy atom. The van der Waals surface area contributed by atoms with Crippen molar-refractivity contribution in [1.29, 1.82) is 0 Å². The maximum Gasteiger partial charge on any atom is 0.229 e. The third-order valence-corrected chi connectivity index (χ3v) is 3.73. The molecule has 1 heterocycles. The molecule has 2 rings (SSSR count). The molecule has 1 aromatic carbocycles. The van der Waals surface area contributed by atoms with Crippen LogP contribution in [0.25, 0.3) is 0 Å². The summed E-state index contributed by atoms with van der Waals surface area (Å²) < 4.78 is 17.9. The molecule has 0 fully saturated rings. The van der Waals surface area contributed by atoms with E-state index in [1.807, 2.05) is 6.92 Å². The lowest BCUT2D eigenvalue weighted by atomic mass is 10.1. The van der Waals surface area contributed by atoms with Crippen molar-refractivity contribution in [3.63, 3.8) is 0 Å². The van der Waals surface area contributed by atoms with Crippen molar-refractivity contribution >= 4 is 11.8 Å². The summed E-state index contributed by atoms with van der Waals surface area (Å²) >= 11 is 1.51. The SMILES string of the molecule is CCCC(O)Cc1nc(CSc2ccc(F)cc2)no1. The van der Waals surface area contributed by atoms with Gasteiger partial charge in [0.15, 0.2) is 5.82 Å². The van der Waals surface area contributed by atoms with Gasteiger partial charge < -0.3 is 9.63 Å². The van der Waals surface area contributed by atoms with E-state index >= 15 is 0 Å². The summed E-state index contributed by atoms with van der Waals surface area (Å²) in [5, 5.41) is 13.5. The summed E-state index contributed by atoms with van der Waals surface area (Å²) in [4.78, 5) is 5.18. The van der Waals surface area contributed by atoms with Crippen LogP contribution in [0.2, 0.25) is 0 Å². The zero-order chi connectivity index (χ0) is 14.4. The second-order valence-electron chi connectivity index (χ2n) is 4.49. The third-order valence-electron chi connectivity index (χ3n) is 2.72. The normalized spacial score (nSPS) is 12.6. The van der Waals surface area contributed by atoms with Crippen LogP contribution < -0.4 is 0 Å². The fourth-order valence-corrected chi connectivity index (χ4v) is 2.49. The highest BCUT2D eigenvalue weighted by molar-refractivity contribution is 7.98. The fourth-order valence-electron chi connectivity index (χ4n) is 1.75. The second-order valence-corrected chi connectivity index (χ2v) is 5.54. The molecule has 2 aromatic rings. The Balaban J connectivity index is 1.85. The number of halogens is 1. The number of hydrogen-bond acceptors (Lipinski definition) is 5. The zero-order valence-corrected chi connectivity index (χ0v) is 12.1. The minimum Gasteiger partial charge on any atom is -0.393 e. The number of thioether (sulfide) groups is 1. The van der Waals surface area contributed by atoms with Crippen molar-refractivity contribution in [3.05, 3.63) is 41.8 Å². The number of hydrogen-bond donors (Lipinski definition) is 1. The zero-order valence-electron chi connectivity index (χ0n) is 11.3. The highest BCUT2D eigenvalue weighted by Crippen LogP contribution is 2.21. The molecule has 1 unspecified atom stereocenters. The summed E-state index contributed by atoms with van der Waals surface area (Å²) in [6, 6.07) is 6.27. The minimum atomic E-state index is -0.432. The number of benzene rings is 1. The molecule has 1 aromatic heterocycles. The Morgan fingerprint density at radius 2 is 2.10 bits per heavy atom. The third kappa shape index (κ3) is 4.61. The molecule has 1 atom stereocenters. The minimum absolute atomic E-state index is 0.249. The number of aromatic nitrogens is 2. The van der Waals surface area contributed by atoms with Gasteiger partial charge in [-0.25, -0.2) is 4.39 Å². The Hall–Kier alpha value is -1.40. The number of nitrogens with zero attached hydrogens (tertiary/aromatic N) is 2. The van der Waals surface area contributed by atoms with Crippen molar-refractivity contribution in [2.24, 2.45) is 0 Å². The van der Waals surface area contributed by atoms with Gasteiger partial charge in [-0.3, -0.25) is 0 Å². The number of aliphatic hydroxyl groups is 1. The molecule has 0 aliphatic rings. The molecule has 0 saturated carbocycles. The first-order valence-corrected chi connectivity index (χ1v) is 7.54. The monoisotopic (exact) mass is 296 g/mol. The molecule has 1 N–H and O–H groups in total. The molecule has 6 heteroatoms. The van der Waals surface area contributed by atoms with Gasteiger partial charge in [0.25, 0.3) is 0 Å². The molecular formula is C14H17FN2O2S. The Labute approximate surface area is 121 Å². The van der Waals surface area contributed by atoms with Gasteiger partial charge in [-0.15, -0.1) is 11.8 Å². The van der Waals surface area contributed by atoms with Crippen LogP contribution in [-0.4, -0.2) is 21.4 Å². The molecule has 0 spiro atoms. The van der Waals surface area contributed by atoms with Gasteiger partial charge in [0.2, 0.25) is 5.89 Å². The van der Waals surface area contributed by atoms with Crippen molar-refractivity contribution in [2.45, 2.75) is 42.9 Å². The molecule has 4 nitrogen and oxygen atoms in total. The van der Waals surface area contributed by atoms with Crippen LogP contribution in [0.3, 0.4) is 0 Å². The Morgan fingerprint density at radius 3 is 2.80 bits per heavy atom. The van der Waals surface area contributed by atoms with E-state index in [0.29, 0.717) is 23.9 Å². The van der Waals surface area contributed by atoms with E-state index in [2.05, 4.69) is 10.1 Å². The Bertz CT molecular complexity index is 530. The average molecular weight is 296 g/mol. The van der Waals surface area contributed by atoms with Crippen LogP contribution in [0.15, 0.2) is 33.7 Å². The molecule has 20 heavy (non-hydrogen) atoms. The van der Waals surface area contributed by atoms with Gasteiger partial charge in [0.05, 0.1) is 18.3 Å². The lowest BCUT2D eigenvalue weighted by molar-refractivity contribution is 0.151. The molecule has 0 radical (unpaired) electrons. The summed E-state index contributed by atoms with van der Waals surface area (Å²) in [6.45, 7) is 2.02. The lowest BCUT2D eigenvalue weighted by Gasteiger charge is -2.03. The quantitative estimate of drug-likeness (QED) is 0.795. The summed E-state index contributed by atoms with van der Waals surface area (Å²) in [5.74, 6) is 1.35. The molecule has 0 amide bonds. The van der Waals surface area contributed by atoms with E-state index in [1.54, 1.807) is 12.1 Å². The second kappa shape index (κ2) is 7.40. The molecule has 0 bridgehead atoms. The predicted molar refractivity (Wildman–Crippen MR) is 74.9 cm³/mol. The largest absolute Gasteiger partial charge is 0.393 e. The van der Waals surface area contributed by atoms with E-state index in [9.17, 15) is 9.50 Å². The maximum atomic E-state index is 12.8. The summed E-state index contributed by atoms with van der Waals surface area (Å²) in [6.07, 6.45) is 1.60. The molecule has 0 aliphatic heterocycles. The van der Waals surface area contributed by atoms with Gasteiger partial charge in [-0.1, -0.05) is 18.5 Å². The van der Waals surface area contributed by atoms with Crippen LogP contribution in [0.5, 0.6) is 0 Å². The van der Waals surface area contributed by atoms with Crippen LogP contribution in [-0.2, 0) is 12.2 Å². The van der Waals surface area contributed by atoms with Gasteiger partial charge in [0.1, 0.15) is 5.82 Å². The average Bonchev–Trinajstić information content (AvgIpc) is 2.86. The highest BCUT2D eigenvalue weighted by atomic mass is 32.2. The smallest absolute Gasteiger partial charge is 0.229 e. The van der Waals surface area contributed by atoms with E-state index in [4.69, 9.17) is 4.52 Å². The summed E-state index contributed by atoms with van der Waals surface area (Å²) in [7, 11) is 0. The van der Waals surface area contributed by atoms with Gasteiger partial charge >= 0.3 is 0 Å². The van der Waals surface area contributed by atoms with Crippen LogP contribution >= 0.6 is 11.8 Å². The van der Waals surface area contributed by atoms with Gasteiger partial charge in [0, 0.05) is 4.90 Å². The van der Waals surface area contributed by atoms with E-state index in [0.717, 1.165) is 17.7 Å². The molecule has 108 valence electrons. The predicted octanol–water partition coefficient (Wildman–Crippen LogP) is 3.20.